The van der Waals surface area contributed by atoms with Crippen molar-refractivity contribution in [3.05, 3.63) is 29.3 Å². The van der Waals surface area contributed by atoms with E-state index in [0.29, 0.717) is 6.42 Å². The van der Waals surface area contributed by atoms with Crippen LogP contribution in [0.3, 0.4) is 0 Å². The van der Waals surface area contributed by atoms with Crippen LogP contribution in [-0.2, 0) is 4.79 Å². The third-order valence-corrected chi connectivity index (χ3v) is 3.41. The molecule has 0 heterocycles. The van der Waals surface area contributed by atoms with Gasteiger partial charge in [0.2, 0.25) is 0 Å². The minimum atomic E-state index is -0.798. The zero-order valence-electron chi connectivity index (χ0n) is 9.56. The van der Waals surface area contributed by atoms with Crippen molar-refractivity contribution in [3.63, 3.8) is 0 Å². The van der Waals surface area contributed by atoms with Gasteiger partial charge in [0.05, 0.1) is 0 Å². The summed E-state index contributed by atoms with van der Waals surface area (Å²) in [7, 11) is 0. The van der Waals surface area contributed by atoms with Crippen LogP contribution in [0.1, 0.15) is 30.0 Å². The number of hydrogen-bond acceptors (Lipinski definition) is 3. The first kappa shape index (κ1) is 13.1. The van der Waals surface area contributed by atoms with Crippen molar-refractivity contribution in [2.45, 2.75) is 30.7 Å². The molecule has 4 heteroatoms. The van der Waals surface area contributed by atoms with E-state index >= 15 is 0 Å². The first-order chi connectivity index (χ1) is 7.54. The first-order valence-corrected chi connectivity index (χ1v) is 6.39. The van der Waals surface area contributed by atoms with Crippen molar-refractivity contribution >= 4 is 17.7 Å². The van der Waals surface area contributed by atoms with Crippen LogP contribution >= 0.6 is 11.8 Å². The SMILES string of the molecule is CSc1cc(C(N)CCC(=O)O)ccc1C. The topological polar surface area (TPSA) is 63.3 Å². The summed E-state index contributed by atoms with van der Waals surface area (Å²) in [6.45, 7) is 2.05. The van der Waals surface area contributed by atoms with Crippen molar-refractivity contribution in [3.8, 4) is 0 Å². The summed E-state index contributed by atoms with van der Waals surface area (Å²) in [6.07, 6.45) is 2.62. The number of benzene rings is 1. The molecule has 16 heavy (non-hydrogen) atoms. The second kappa shape index (κ2) is 5.92. The Morgan fingerprint density at radius 1 is 1.56 bits per heavy atom. The number of aliphatic carboxylic acids is 1. The van der Waals surface area contributed by atoms with Crippen LogP contribution in [-0.4, -0.2) is 17.3 Å². The van der Waals surface area contributed by atoms with E-state index in [4.69, 9.17) is 10.8 Å². The smallest absolute Gasteiger partial charge is 0.303 e. The number of rotatable bonds is 5. The predicted octanol–water partition coefficient (Wildman–Crippen LogP) is 2.58. The lowest BCUT2D eigenvalue weighted by Crippen LogP contribution is -2.12. The first-order valence-electron chi connectivity index (χ1n) is 5.16. The van der Waals surface area contributed by atoms with Gasteiger partial charge in [0.1, 0.15) is 0 Å². The highest BCUT2D eigenvalue weighted by Gasteiger charge is 2.09. The summed E-state index contributed by atoms with van der Waals surface area (Å²) in [4.78, 5) is 11.7. The van der Waals surface area contributed by atoms with E-state index in [9.17, 15) is 4.79 Å². The third-order valence-electron chi connectivity index (χ3n) is 2.53. The van der Waals surface area contributed by atoms with Crippen LogP contribution in [0.15, 0.2) is 23.1 Å². The highest BCUT2D eigenvalue weighted by molar-refractivity contribution is 7.98. The Labute approximate surface area is 100 Å². The van der Waals surface area contributed by atoms with E-state index in [1.165, 1.54) is 10.5 Å². The van der Waals surface area contributed by atoms with Crippen molar-refractivity contribution in [1.29, 1.82) is 0 Å². The van der Waals surface area contributed by atoms with Gasteiger partial charge in [0, 0.05) is 17.4 Å². The Morgan fingerprint density at radius 3 is 2.81 bits per heavy atom. The molecule has 0 fully saturated rings. The Hall–Kier alpha value is -1.00. The van der Waals surface area contributed by atoms with E-state index < -0.39 is 5.97 Å². The average Bonchev–Trinajstić information content (AvgIpc) is 2.26. The molecule has 88 valence electrons. The molecule has 0 aliphatic carbocycles. The maximum atomic E-state index is 10.5. The predicted molar refractivity (Wildman–Crippen MR) is 66.8 cm³/mol. The minimum absolute atomic E-state index is 0.115. The zero-order chi connectivity index (χ0) is 12.1. The fourth-order valence-corrected chi connectivity index (χ4v) is 2.16. The molecule has 0 spiro atoms. The van der Waals surface area contributed by atoms with Gasteiger partial charge < -0.3 is 10.8 Å². The highest BCUT2D eigenvalue weighted by Crippen LogP contribution is 2.25. The van der Waals surface area contributed by atoms with E-state index in [1.54, 1.807) is 11.8 Å². The molecule has 1 aromatic rings. The van der Waals surface area contributed by atoms with E-state index in [2.05, 4.69) is 6.92 Å². The monoisotopic (exact) mass is 239 g/mol. The summed E-state index contributed by atoms with van der Waals surface area (Å²) in [6, 6.07) is 5.86. The Morgan fingerprint density at radius 2 is 2.25 bits per heavy atom. The molecule has 1 aromatic carbocycles. The molecule has 1 atom stereocenters. The molecule has 0 radical (unpaired) electrons. The molecule has 1 rings (SSSR count). The maximum Gasteiger partial charge on any atom is 0.303 e. The van der Waals surface area contributed by atoms with Gasteiger partial charge in [-0.3, -0.25) is 4.79 Å². The van der Waals surface area contributed by atoms with Crippen LogP contribution in [0.2, 0.25) is 0 Å². The summed E-state index contributed by atoms with van der Waals surface area (Å²) in [5.74, 6) is -0.798. The van der Waals surface area contributed by atoms with Gasteiger partial charge in [-0.2, -0.15) is 0 Å². The van der Waals surface area contributed by atoms with Crippen LogP contribution in [0.4, 0.5) is 0 Å². The third kappa shape index (κ3) is 3.54. The molecule has 0 aliphatic rings. The fourth-order valence-electron chi connectivity index (χ4n) is 1.51. The molecule has 0 aliphatic heterocycles. The number of carbonyl (C=O) groups is 1. The molecular formula is C12H17NO2S. The number of nitrogens with two attached hydrogens (primary N) is 1. The van der Waals surface area contributed by atoms with Crippen molar-refractivity contribution in [2.24, 2.45) is 5.73 Å². The number of aryl methyl sites for hydroxylation is 1. The number of thioether (sulfide) groups is 1. The molecule has 0 saturated heterocycles. The fraction of sp³-hybridized carbons (Fsp3) is 0.417. The molecule has 0 bridgehead atoms. The second-order valence-electron chi connectivity index (χ2n) is 3.77. The summed E-state index contributed by atoms with van der Waals surface area (Å²) >= 11 is 1.68. The number of carboxylic acids is 1. The standard InChI is InChI=1S/C12H17NO2S/c1-8-3-4-9(7-11(8)16-2)10(13)5-6-12(14)15/h3-4,7,10H,5-6,13H2,1-2H3,(H,14,15). The van der Waals surface area contributed by atoms with Gasteiger partial charge in [0.15, 0.2) is 0 Å². The quantitative estimate of drug-likeness (QED) is 0.775. The average molecular weight is 239 g/mol. The summed E-state index contributed by atoms with van der Waals surface area (Å²) in [5, 5.41) is 8.59. The number of carboxylic acid groups (broad SMARTS) is 1. The largest absolute Gasteiger partial charge is 0.481 e. The molecule has 1 unspecified atom stereocenters. The van der Waals surface area contributed by atoms with Gasteiger partial charge in [-0.15, -0.1) is 11.8 Å². The summed E-state index contributed by atoms with van der Waals surface area (Å²) in [5.41, 5.74) is 8.18. The van der Waals surface area contributed by atoms with E-state index in [0.717, 1.165) is 5.56 Å². The van der Waals surface area contributed by atoms with E-state index in [-0.39, 0.29) is 12.5 Å². The molecular weight excluding hydrogens is 222 g/mol. The van der Waals surface area contributed by atoms with Crippen LogP contribution < -0.4 is 5.73 Å². The minimum Gasteiger partial charge on any atom is -0.481 e. The van der Waals surface area contributed by atoms with E-state index in [1.807, 2.05) is 24.5 Å². The van der Waals surface area contributed by atoms with Crippen molar-refractivity contribution < 1.29 is 9.90 Å². The van der Waals surface area contributed by atoms with Gasteiger partial charge in [0.25, 0.3) is 0 Å². The van der Waals surface area contributed by atoms with Crippen LogP contribution in [0, 0.1) is 6.92 Å². The number of hydrogen-bond donors (Lipinski definition) is 2. The second-order valence-corrected chi connectivity index (χ2v) is 4.62. The van der Waals surface area contributed by atoms with Gasteiger partial charge in [-0.25, -0.2) is 0 Å². The normalized spacial score (nSPS) is 12.4. The zero-order valence-corrected chi connectivity index (χ0v) is 10.4. The van der Waals surface area contributed by atoms with Gasteiger partial charge >= 0.3 is 5.97 Å². The van der Waals surface area contributed by atoms with Crippen molar-refractivity contribution in [1.82, 2.24) is 0 Å². The lowest BCUT2D eigenvalue weighted by molar-refractivity contribution is -0.137. The Balaban J connectivity index is 2.75. The Bertz CT molecular complexity index is 379. The highest BCUT2D eigenvalue weighted by atomic mass is 32.2. The molecule has 0 saturated carbocycles. The van der Waals surface area contributed by atoms with Crippen LogP contribution in [0.25, 0.3) is 0 Å². The molecule has 0 amide bonds. The van der Waals surface area contributed by atoms with Gasteiger partial charge in [-0.05, 0) is 36.8 Å². The Kier molecular flexibility index (Phi) is 4.83. The van der Waals surface area contributed by atoms with Gasteiger partial charge in [-0.1, -0.05) is 12.1 Å². The maximum absolute atomic E-state index is 10.5. The molecule has 3 N–H and O–H groups in total. The molecule has 3 nitrogen and oxygen atoms in total. The lowest BCUT2D eigenvalue weighted by atomic mass is 10.0. The van der Waals surface area contributed by atoms with Crippen molar-refractivity contribution in [2.75, 3.05) is 6.26 Å². The summed E-state index contributed by atoms with van der Waals surface area (Å²) < 4.78 is 0. The van der Waals surface area contributed by atoms with Crippen LogP contribution in [0.5, 0.6) is 0 Å². The molecule has 0 aromatic heterocycles. The lowest BCUT2D eigenvalue weighted by Gasteiger charge is -2.13.